The summed E-state index contributed by atoms with van der Waals surface area (Å²) in [6.45, 7) is 5.56. The lowest BCUT2D eigenvalue weighted by atomic mass is 9.69. The van der Waals surface area contributed by atoms with Crippen LogP contribution in [0.4, 0.5) is 0 Å². The van der Waals surface area contributed by atoms with Gasteiger partial charge in [0.25, 0.3) is 0 Å². The molecule has 0 fully saturated rings. The molecule has 0 spiro atoms. The van der Waals surface area contributed by atoms with Crippen LogP contribution >= 0.6 is 11.6 Å². The van der Waals surface area contributed by atoms with Gasteiger partial charge in [0.1, 0.15) is 18.3 Å². The summed E-state index contributed by atoms with van der Waals surface area (Å²) in [7, 11) is 1.62. The zero-order valence-electron chi connectivity index (χ0n) is 20.1. The molecule has 36 heavy (non-hydrogen) atoms. The summed E-state index contributed by atoms with van der Waals surface area (Å²) >= 11 is 6.71. The highest BCUT2D eigenvalue weighted by atomic mass is 35.5. The molecule has 5 rings (SSSR count). The lowest BCUT2D eigenvalue weighted by Gasteiger charge is -2.36. The summed E-state index contributed by atoms with van der Waals surface area (Å²) in [5, 5.41) is 0.386. The second-order valence-corrected chi connectivity index (χ2v) is 9.42. The first kappa shape index (κ1) is 24.1. The Hall–Kier alpha value is -3.58. The number of methoxy groups -OCH3 is 1. The molecule has 3 atom stereocenters. The first-order valence-electron chi connectivity index (χ1n) is 11.7. The van der Waals surface area contributed by atoms with Gasteiger partial charge in [-0.3, -0.25) is 14.6 Å². The van der Waals surface area contributed by atoms with Crippen molar-refractivity contribution in [3.05, 3.63) is 76.5 Å². The summed E-state index contributed by atoms with van der Waals surface area (Å²) in [6, 6.07) is 11.2. The highest BCUT2D eigenvalue weighted by Crippen LogP contribution is 2.50. The van der Waals surface area contributed by atoms with Gasteiger partial charge in [0.2, 0.25) is 6.79 Å². The largest absolute Gasteiger partial charge is 0.497 e. The number of fused-ring (bicyclic) bond motifs is 1. The molecule has 0 aromatic heterocycles. The maximum Gasteiger partial charge on any atom is 0.315 e. The Labute approximate surface area is 214 Å². The number of nitrogens with zero attached hydrogens (tertiary/aromatic N) is 1. The van der Waals surface area contributed by atoms with Crippen molar-refractivity contribution in [1.29, 1.82) is 0 Å². The minimum absolute atomic E-state index is 0.0316. The van der Waals surface area contributed by atoms with Crippen molar-refractivity contribution < 1.29 is 28.5 Å². The van der Waals surface area contributed by atoms with Crippen molar-refractivity contribution in [2.24, 2.45) is 10.9 Å². The number of carbonyl (C=O) groups excluding carboxylic acids is 2. The number of Topliss-reactive ketones (excluding diaryl/α,β-unsaturated/α-hetero) is 1. The van der Waals surface area contributed by atoms with E-state index in [4.69, 9.17) is 35.5 Å². The summed E-state index contributed by atoms with van der Waals surface area (Å²) in [5.74, 6) is -0.223. The van der Waals surface area contributed by atoms with Crippen LogP contribution in [0.15, 0.2) is 65.3 Å². The van der Waals surface area contributed by atoms with Crippen LogP contribution in [0.5, 0.6) is 17.2 Å². The van der Waals surface area contributed by atoms with Crippen LogP contribution in [-0.2, 0) is 14.3 Å². The van der Waals surface area contributed by atoms with E-state index < -0.39 is 17.8 Å². The minimum atomic E-state index is -0.803. The maximum atomic E-state index is 13.7. The van der Waals surface area contributed by atoms with Gasteiger partial charge in [-0.2, -0.15) is 0 Å². The van der Waals surface area contributed by atoms with Crippen LogP contribution in [0, 0.1) is 5.92 Å². The average molecular weight is 508 g/mol. The van der Waals surface area contributed by atoms with Gasteiger partial charge in [-0.05, 0) is 48.6 Å². The number of allylic oxidation sites excluding steroid dienone is 2. The van der Waals surface area contributed by atoms with Gasteiger partial charge in [0.05, 0.1) is 7.11 Å². The molecule has 0 N–H and O–H groups in total. The van der Waals surface area contributed by atoms with Gasteiger partial charge in [0.15, 0.2) is 17.3 Å². The van der Waals surface area contributed by atoms with Gasteiger partial charge in [-0.1, -0.05) is 36.4 Å². The second kappa shape index (κ2) is 9.82. The normalized spacial score (nSPS) is 22.6. The molecule has 2 heterocycles. The maximum absolute atomic E-state index is 13.7. The molecule has 1 aliphatic carbocycles. The van der Waals surface area contributed by atoms with Crippen LogP contribution in [0.1, 0.15) is 42.7 Å². The van der Waals surface area contributed by atoms with Crippen LogP contribution < -0.4 is 14.2 Å². The Kier molecular flexibility index (Phi) is 6.58. The van der Waals surface area contributed by atoms with Crippen LogP contribution in [-0.4, -0.2) is 38.0 Å². The van der Waals surface area contributed by atoms with Crippen molar-refractivity contribution in [3.8, 4) is 17.2 Å². The van der Waals surface area contributed by atoms with E-state index in [1.807, 2.05) is 24.3 Å². The number of carbonyl (C=O) groups is 2. The van der Waals surface area contributed by atoms with E-state index in [0.717, 1.165) is 11.3 Å². The third kappa shape index (κ3) is 4.28. The number of benzene rings is 2. The van der Waals surface area contributed by atoms with Gasteiger partial charge >= 0.3 is 5.97 Å². The highest BCUT2D eigenvalue weighted by Gasteiger charge is 2.46. The summed E-state index contributed by atoms with van der Waals surface area (Å²) in [4.78, 5) is 31.7. The number of aliphatic imine (C=N–C) groups is 1. The number of halogens is 1. The predicted octanol–water partition coefficient (Wildman–Crippen LogP) is 5.38. The summed E-state index contributed by atoms with van der Waals surface area (Å²) in [5.41, 5.74) is 3.40. The second-order valence-electron chi connectivity index (χ2n) is 9.02. The van der Waals surface area contributed by atoms with E-state index in [9.17, 15) is 9.59 Å². The molecule has 0 radical (unpaired) electrons. The molecule has 3 aliphatic rings. The molecule has 1 unspecified atom stereocenters. The Balaban J connectivity index is 1.59. The molecule has 2 aromatic rings. The van der Waals surface area contributed by atoms with Crippen LogP contribution in [0.2, 0.25) is 5.02 Å². The van der Waals surface area contributed by atoms with Crippen LogP contribution in [0.3, 0.4) is 0 Å². The smallest absolute Gasteiger partial charge is 0.315 e. The van der Waals surface area contributed by atoms with Crippen molar-refractivity contribution in [1.82, 2.24) is 0 Å². The number of ketones is 1. The fourth-order valence-corrected chi connectivity index (χ4v) is 5.49. The van der Waals surface area contributed by atoms with E-state index >= 15 is 0 Å². The average Bonchev–Trinajstić information content (AvgIpc) is 3.33. The van der Waals surface area contributed by atoms with Crippen molar-refractivity contribution in [3.63, 3.8) is 0 Å². The Morgan fingerprint density at radius 3 is 2.61 bits per heavy atom. The van der Waals surface area contributed by atoms with Crippen molar-refractivity contribution in [2.75, 3.05) is 20.5 Å². The molecule has 2 aliphatic heterocycles. The topological polar surface area (TPSA) is 83.4 Å². The fraction of sp³-hybridized carbons (Fsp3) is 0.321. The van der Waals surface area contributed by atoms with Gasteiger partial charge in [-0.15, -0.1) is 0 Å². The third-order valence-corrected chi connectivity index (χ3v) is 7.23. The summed E-state index contributed by atoms with van der Waals surface area (Å²) in [6.07, 6.45) is 2.37. The van der Waals surface area contributed by atoms with E-state index in [1.54, 1.807) is 26.2 Å². The number of hydrogen-bond donors (Lipinski definition) is 0. The molecule has 186 valence electrons. The van der Waals surface area contributed by atoms with Crippen molar-refractivity contribution >= 4 is 29.1 Å². The zero-order chi connectivity index (χ0) is 25.4. The van der Waals surface area contributed by atoms with Crippen molar-refractivity contribution in [2.45, 2.75) is 31.6 Å². The van der Waals surface area contributed by atoms with Gasteiger partial charge < -0.3 is 18.9 Å². The molecule has 0 saturated carbocycles. The predicted molar refractivity (Wildman–Crippen MR) is 135 cm³/mol. The number of esters is 1. The Bertz CT molecular complexity index is 1300. The van der Waals surface area contributed by atoms with Gasteiger partial charge in [-0.25, -0.2) is 0 Å². The standard InChI is InChI=1S/C28H26ClNO6/c1-4-9-34-28(32)25-15(2)30-21-10-17(16-5-7-18(33-3)8-6-16)11-22(31)27(21)26(25)19-12-23-24(13-20(19)29)36-14-35-23/h4-8,12-13,17,25-26H,1,9-11,14H2,2-3H3/t17-,25?,26+/m0/s1. The summed E-state index contributed by atoms with van der Waals surface area (Å²) < 4.78 is 21.7. The molecule has 0 bridgehead atoms. The lowest BCUT2D eigenvalue weighted by molar-refractivity contribution is -0.145. The van der Waals surface area contributed by atoms with E-state index in [2.05, 4.69) is 6.58 Å². The first-order chi connectivity index (χ1) is 17.4. The molecular formula is C28H26ClNO6. The fourth-order valence-electron chi connectivity index (χ4n) is 5.21. The molecular weight excluding hydrogens is 482 g/mol. The molecule has 7 nitrogen and oxygen atoms in total. The molecule has 0 saturated heterocycles. The highest BCUT2D eigenvalue weighted by molar-refractivity contribution is 6.32. The third-order valence-electron chi connectivity index (χ3n) is 6.90. The molecule has 2 aromatic carbocycles. The molecule has 0 amide bonds. The SMILES string of the molecule is C=CCOC(=O)C1C(C)=NC2=C(C(=O)C[C@@H](c3ccc(OC)cc3)C2)[C@@H]1c1cc2c(cc1Cl)OCO2. The zero-order valence-corrected chi connectivity index (χ0v) is 20.8. The number of ether oxygens (including phenoxy) is 4. The molecule has 8 heteroatoms. The Morgan fingerprint density at radius 2 is 1.92 bits per heavy atom. The van der Waals surface area contributed by atoms with Crippen LogP contribution in [0.25, 0.3) is 0 Å². The van der Waals surface area contributed by atoms with E-state index in [1.165, 1.54) is 6.08 Å². The Morgan fingerprint density at radius 1 is 1.19 bits per heavy atom. The quantitative estimate of drug-likeness (QED) is 0.385. The monoisotopic (exact) mass is 507 g/mol. The first-order valence-corrected chi connectivity index (χ1v) is 12.1. The minimum Gasteiger partial charge on any atom is -0.497 e. The number of hydrogen-bond acceptors (Lipinski definition) is 7. The lowest BCUT2D eigenvalue weighted by Crippen LogP contribution is -2.38. The number of rotatable bonds is 6. The van der Waals surface area contributed by atoms with E-state index in [-0.39, 0.29) is 25.1 Å². The van der Waals surface area contributed by atoms with E-state index in [0.29, 0.717) is 51.9 Å². The van der Waals surface area contributed by atoms with Gasteiger partial charge in [0, 0.05) is 40.4 Å².